The first-order valence-corrected chi connectivity index (χ1v) is 41.8. The molecular formula is C110H133BN2. The molecule has 0 atom stereocenters. The van der Waals surface area contributed by atoms with Crippen LogP contribution in [0.5, 0.6) is 0 Å². The van der Waals surface area contributed by atoms with E-state index in [-0.39, 0.29) is 83.9 Å². The van der Waals surface area contributed by atoms with Crippen LogP contribution in [0.1, 0.15) is 297 Å². The highest BCUT2D eigenvalue weighted by Crippen LogP contribution is 2.58. The Balaban J connectivity index is 1.34. The lowest BCUT2D eigenvalue weighted by atomic mass is 9.33. The fourth-order valence-corrected chi connectivity index (χ4v) is 17.0. The highest BCUT2D eigenvalue weighted by Gasteiger charge is 2.48. The van der Waals surface area contributed by atoms with Crippen molar-refractivity contribution in [3.8, 4) is 66.8 Å². The molecule has 113 heavy (non-hydrogen) atoms. The summed E-state index contributed by atoms with van der Waals surface area (Å²) < 4.78 is 47.4. The molecule has 0 unspecified atom stereocenters. The summed E-state index contributed by atoms with van der Waals surface area (Å²) in [6, 6.07) is 68.0. The summed E-state index contributed by atoms with van der Waals surface area (Å²) >= 11 is 0. The van der Waals surface area contributed by atoms with Gasteiger partial charge in [0.1, 0.15) is 0 Å². The smallest absolute Gasteiger partial charge is 0.252 e. The molecule has 0 saturated carbocycles. The topological polar surface area (TPSA) is 6.48 Å². The summed E-state index contributed by atoms with van der Waals surface area (Å²) in [4.78, 5) is 5.36. The summed E-state index contributed by atoms with van der Waals surface area (Å²) in [5, 5.41) is 0. The number of anilines is 6. The Labute approximate surface area is 691 Å². The van der Waals surface area contributed by atoms with Crippen LogP contribution >= 0.6 is 0 Å². The maximum atomic E-state index is 9.88. The Hall–Kier alpha value is -8.92. The fraction of sp³-hybridized carbons (Fsp3) is 0.400. The van der Waals surface area contributed by atoms with Crippen LogP contribution in [0.15, 0.2) is 206 Å². The predicted molar refractivity (Wildman–Crippen MR) is 499 cm³/mol. The zero-order valence-corrected chi connectivity index (χ0v) is 75.2. The van der Waals surface area contributed by atoms with E-state index in [1.165, 1.54) is 66.8 Å². The van der Waals surface area contributed by atoms with E-state index in [0.717, 1.165) is 101 Å². The Kier molecular flexibility index (Phi) is 18.7. The van der Waals surface area contributed by atoms with E-state index in [9.17, 15) is 5.48 Å². The van der Waals surface area contributed by atoms with Crippen LogP contribution in [-0.4, -0.2) is 6.71 Å². The van der Waals surface area contributed by atoms with E-state index >= 15 is 0 Å². The molecule has 586 valence electrons. The summed E-state index contributed by atoms with van der Waals surface area (Å²) in [7, 11) is 0. The molecule has 0 radical (unpaired) electrons. The van der Waals surface area contributed by atoms with Crippen molar-refractivity contribution in [3.05, 3.63) is 267 Å². The van der Waals surface area contributed by atoms with Gasteiger partial charge < -0.3 is 9.80 Å². The number of benzene rings is 11. The SMILES string of the molecule is [2H]c1c([2H])c([2H])c(-c2ccc3c(c2)N(c2c(-c4ccc(C(C)(C)C)cc4)cc(C(C)(C)C)cc2-c2c(C(C)(C)C)cccc2C(C)(C)C)c2cc(C(C)(C)C)cc4c2B3c2ccc(-c3cc(C(C)(C)C)cc(C(C)(C)C)c3)cc2N4c2c(-c3ccc(C(C)(C)C)cc3)cc(C(C)(C)C)cc2-c2ccc(C(C)(C)C)cc2C(C)(C)C)c([2H])c1[2H]. The third-order valence-electron chi connectivity index (χ3n) is 24.2. The predicted octanol–water partition coefficient (Wildman–Crippen LogP) is 30.0. The highest BCUT2D eigenvalue weighted by molar-refractivity contribution is 7.00. The maximum Gasteiger partial charge on any atom is 0.252 e. The zero-order valence-electron chi connectivity index (χ0n) is 80.2. The molecule has 2 heterocycles. The summed E-state index contributed by atoms with van der Waals surface area (Å²) in [6.45, 7) is 76.9. The first kappa shape index (κ1) is 75.4. The van der Waals surface area contributed by atoms with E-state index in [0.29, 0.717) is 5.56 Å². The van der Waals surface area contributed by atoms with Gasteiger partial charge in [0.2, 0.25) is 0 Å². The van der Waals surface area contributed by atoms with Gasteiger partial charge in [0, 0.05) is 45.0 Å². The molecular weight excluding hydrogens is 1360 g/mol. The van der Waals surface area contributed by atoms with E-state index in [1.54, 1.807) is 0 Å². The molecule has 3 heteroatoms. The summed E-state index contributed by atoms with van der Waals surface area (Å²) in [5.41, 5.74) is 32.1. The van der Waals surface area contributed by atoms with Gasteiger partial charge in [-0.05, 0) is 230 Å². The Morgan fingerprint density at radius 1 is 0.230 bits per heavy atom. The molecule has 2 aliphatic rings. The molecule has 0 spiro atoms. The largest absolute Gasteiger partial charge is 0.310 e. The van der Waals surface area contributed by atoms with Crippen LogP contribution < -0.4 is 26.2 Å². The number of hydrogen-bond acceptors (Lipinski definition) is 2. The van der Waals surface area contributed by atoms with Crippen LogP contribution in [0.25, 0.3) is 66.8 Å². The Bertz CT molecular complexity index is 5720. The molecule has 0 fully saturated rings. The van der Waals surface area contributed by atoms with Crippen molar-refractivity contribution in [3.63, 3.8) is 0 Å². The average Bonchev–Trinajstić information content (AvgIpc) is 0.682. The van der Waals surface area contributed by atoms with Gasteiger partial charge >= 0.3 is 0 Å². The molecule has 11 aromatic carbocycles. The lowest BCUT2D eigenvalue weighted by Gasteiger charge is -2.47. The van der Waals surface area contributed by atoms with E-state index in [1.807, 2.05) is 6.07 Å². The minimum absolute atomic E-state index is 0.111. The van der Waals surface area contributed by atoms with Gasteiger partial charge in [-0.3, -0.25) is 0 Å². The van der Waals surface area contributed by atoms with Crippen LogP contribution in [0, 0.1) is 0 Å². The molecule has 0 saturated heterocycles. The standard InChI is InChI=1S/C110H133BN2/c1-100(2,3)74-48-42-69(43-49-74)83-61-79(105(16,17)18)63-85(82-53-52-76(102(7,8)9)65-89(82)110(31,32)33)98(83)112-93-59-72(73-56-77(103(10,11)12)60-78(57-73)104(13,14)15)47-55-91(93)111-90-54-46-71(68-38-35-34-36-39-68)58-92(90)113(95-67-81(107(22,23)24)66-94(112)97(95)111)99-84(70-44-50-75(51-45-70)101(4,5)6)62-80(106(19,20)21)64-86(99)96-87(108(25,26)27)40-37-41-88(96)109(28,29)30/h34-67H,1-33H3/i34D,35D,36D,38D,39D. The van der Waals surface area contributed by atoms with Crippen molar-refractivity contribution in [1.82, 2.24) is 0 Å². The van der Waals surface area contributed by atoms with Crippen molar-refractivity contribution < 1.29 is 6.85 Å². The van der Waals surface area contributed by atoms with E-state index in [2.05, 4.69) is 408 Å². The van der Waals surface area contributed by atoms with Gasteiger partial charge in [0.05, 0.1) is 18.2 Å². The van der Waals surface area contributed by atoms with E-state index < -0.39 is 18.2 Å². The van der Waals surface area contributed by atoms with Crippen LogP contribution in [0.2, 0.25) is 0 Å². The Morgan fingerprint density at radius 2 is 0.566 bits per heavy atom. The van der Waals surface area contributed by atoms with Crippen molar-refractivity contribution in [2.24, 2.45) is 0 Å². The second-order valence-electron chi connectivity index (χ2n) is 44.6. The molecule has 13 rings (SSSR count). The van der Waals surface area contributed by atoms with Gasteiger partial charge in [-0.1, -0.05) is 386 Å². The number of fused-ring (bicyclic) bond motifs is 4. The summed E-state index contributed by atoms with van der Waals surface area (Å²) in [5.74, 6) is 0. The number of rotatable bonds is 8. The number of nitrogens with zero attached hydrogens (tertiary/aromatic N) is 2. The summed E-state index contributed by atoms with van der Waals surface area (Å²) in [6.07, 6.45) is 0. The van der Waals surface area contributed by atoms with Crippen LogP contribution in [0.3, 0.4) is 0 Å². The minimum atomic E-state index is -0.470. The Morgan fingerprint density at radius 3 is 0.956 bits per heavy atom. The molecule has 11 aromatic rings. The molecule has 0 N–H and O–H groups in total. The lowest BCUT2D eigenvalue weighted by molar-refractivity contribution is 0.568. The van der Waals surface area contributed by atoms with Crippen LogP contribution in [-0.2, 0) is 59.6 Å². The van der Waals surface area contributed by atoms with Gasteiger partial charge in [-0.15, -0.1) is 0 Å². The first-order valence-electron chi connectivity index (χ1n) is 44.3. The average molecular weight is 1500 g/mol. The van der Waals surface area contributed by atoms with Crippen LogP contribution in [0.4, 0.5) is 34.1 Å². The van der Waals surface area contributed by atoms with Gasteiger partial charge in [0.25, 0.3) is 6.71 Å². The van der Waals surface area contributed by atoms with E-state index in [4.69, 9.17) is 1.37 Å². The third-order valence-corrected chi connectivity index (χ3v) is 24.2. The molecule has 0 amide bonds. The second-order valence-corrected chi connectivity index (χ2v) is 44.6. The first-order chi connectivity index (χ1) is 54.1. The van der Waals surface area contributed by atoms with Crippen molar-refractivity contribution >= 4 is 57.2 Å². The van der Waals surface area contributed by atoms with Crippen molar-refractivity contribution in [2.45, 2.75) is 288 Å². The molecule has 0 aliphatic carbocycles. The quantitative estimate of drug-likeness (QED) is 0.140. The molecule has 2 nitrogen and oxygen atoms in total. The molecule has 0 aromatic heterocycles. The minimum Gasteiger partial charge on any atom is -0.310 e. The third kappa shape index (κ3) is 15.8. The molecule has 0 bridgehead atoms. The monoisotopic (exact) mass is 1500 g/mol. The van der Waals surface area contributed by atoms with Gasteiger partial charge in [0.15, 0.2) is 0 Å². The maximum absolute atomic E-state index is 9.88. The van der Waals surface area contributed by atoms with Gasteiger partial charge in [-0.25, -0.2) is 0 Å². The number of hydrogen-bond donors (Lipinski definition) is 0. The second kappa shape index (κ2) is 27.9. The highest BCUT2D eigenvalue weighted by atomic mass is 15.2. The van der Waals surface area contributed by atoms with Crippen molar-refractivity contribution in [1.29, 1.82) is 0 Å². The van der Waals surface area contributed by atoms with Crippen molar-refractivity contribution in [2.75, 3.05) is 9.80 Å². The normalized spacial score (nSPS) is 14.6. The lowest BCUT2D eigenvalue weighted by Crippen LogP contribution is -2.61. The molecule has 2 aliphatic heterocycles. The van der Waals surface area contributed by atoms with Gasteiger partial charge in [-0.2, -0.15) is 0 Å². The zero-order chi connectivity index (χ0) is 87.1. The fourth-order valence-electron chi connectivity index (χ4n) is 17.0.